The van der Waals surface area contributed by atoms with Gasteiger partial charge >= 0.3 is 5.97 Å². The van der Waals surface area contributed by atoms with Gasteiger partial charge in [-0.15, -0.1) is 12.4 Å². The molecule has 2 saturated carbocycles. The van der Waals surface area contributed by atoms with Crippen molar-refractivity contribution in [2.45, 2.75) is 110 Å². The molecule has 0 unspecified atom stereocenters. The molecule has 16 heteroatoms. The van der Waals surface area contributed by atoms with Gasteiger partial charge in [-0.05, 0) is 109 Å². The second-order valence-electron chi connectivity index (χ2n) is 12.7. The lowest BCUT2D eigenvalue weighted by molar-refractivity contribution is -0.140. The highest BCUT2D eigenvalue weighted by Gasteiger charge is 2.26. The average Bonchev–Trinajstić information content (AvgIpc) is 3.70. The summed E-state index contributed by atoms with van der Waals surface area (Å²) in [6, 6.07) is 4.57. The molecule has 6 rings (SSSR count). The molecule has 0 radical (unpaired) electrons. The van der Waals surface area contributed by atoms with Crippen LogP contribution in [0.3, 0.4) is 0 Å². The molecule has 2 aliphatic carbocycles. The van der Waals surface area contributed by atoms with Crippen molar-refractivity contribution < 1.29 is 36.6 Å². The average molecular weight is 768 g/mol. The Morgan fingerprint density at radius 3 is 1.55 bits per heavy atom. The highest BCUT2D eigenvalue weighted by molar-refractivity contribution is 5.85. The van der Waals surface area contributed by atoms with Crippen LogP contribution in [0.25, 0.3) is 22.8 Å². The number of aromatic nitrogens is 6. The summed E-state index contributed by atoms with van der Waals surface area (Å²) in [7, 11) is 0. The van der Waals surface area contributed by atoms with Gasteiger partial charge in [0, 0.05) is 32.5 Å². The minimum absolute atomic E-state index is 0. The van der Waals surface area contributed by atoms with E-state index in [1.54, 1.807) is 17.8 Å². The summed E-state index contributed by atoms with van der Waals surface area (Å²) >= 11 is 0. The second-order valence-corrected chi connectivity index (χ2v) is 12.7. The first kappa shape index (κ1) is 43.3. The Morgan fingerprint density at radius 1 is 0.698 bits per heavy atom. The molecule has 0 aliphatic heterocycles. The van der Waals surface area contributed by atoms with E-state index >= 15 is 0 Å². The van der Waals surface area contributed by atoms with Crippen molar-refractivity contribution in [1.82, 2.24) is 29.5 Å². The number of hydrogen-bond donors (Lipinski definition) is 1. The number of carbonyl (C=O) groups is 1. The molecule has 11 nitrogen and oxygen atoms in total. The van der Waals surface area contributed by atoms with Crippen LogP contribution in [0.15, 0.2) is 36.7 Å². The number of hydrogen-bond acceptors (Lipinski definition) is 9. The number of esters is 1. The monoisotopic (exact) mass is 767 g/mol. The molecule has 4 heterocycles. The molecular weight excluding hydrogens is 718 g/mol. The maximum Gasteiger partial charge on any atom is 0.302 e. The van der Waals surface area contributed by atoms with Gasteiger partial charge in [-0.25, -0.2) is 18.7 Å². The molecule has 4 aromatic heterocycles. The van der Waals surface area contributed by atoms with Crippen LogP contribution in [0, 0.1) is 30.5 Å². The summed E-state index contributed by atoms with van der Waals surface area (Å²) in [5.74, 6) is -2.86. The molecule has 4 aromatic rings. The third-order valence-electron chi connectivity index (χ3n) is 8.94. The van der Waals surface area contributed by atoms with E-state index in [1.807, 2.05) is 31.6 Å². The van der Waals surface area contributed by atoms with Gasteiger partial charge in [-0.1, -0.05) is 0 Å². The summed E-state index contributed by atoms with van der Waals surface area (Å²) < 4.78 is 73.7. The quantitative estimate of drug-likeness (QED) is 0.101. The summed E-state index contributed by atoms with van der Waals surface area (Å²) in [5, 5.41) is 8.84. The maximum atomic E-state index is 13.9. The lowest BCUT2D eigenvalue weighted by atomic mass is 9.93. The fourth-order valence-electron chi connectivity index (χ4n) is 6.48. The summed E-state index contributed by atoms with van der Waals surface area (Å²) in [4.78, 5) is 17.1. The Kier molecular flexibility index (Phi) is 17.1. The standard InChI is InChI=1S/C17H21F2N3O.C16H20F2N4O.C4H8O2.ClH/c1-3-23-13-6-4-12(5-7-13)22-10-11(2)16(21-22)17-14(18)8-9-15(19)20-17;1-2-23-11-5-3-10(4-6-11)22-9-13(19)16(21-22)15-12(17)7-8-14(18)20-15;1-3-6-4(2)5;/h8-10,12-13H,3-7H2,1-2H3;7-11H,2-6,19H2,1H3;3H2,1-2H3;1H. The molecule has 0 aromatic carbocycles. The van der Waals surface area contributed by atoms with Gasteiger partial charge in [0.25, 0.3) is 0 Å². The molecular formula is C37H50ClF4N7O4. The van der Waals surface area contributed by atoms with Gasteiger partial charge in [-0.3, -0.25) is 14.2 Å². The van der Waals surface area contributed by atoms with Gasteiger partial charge in [0.15, 0.2) is 11.6 Å². The second kappa shape index (κ2) is 21.0. The Labute approximate surface area is 314 Å². The zero-order chi connectivity index (χ0) is 37.8. The number of anilines is 1. The van der Waals surface area contributed by atoms with E-state index < -0.39 is 23.5 Å². The van der Waals surface area contributed by atoms with Crippen LogP contribution in [0.1, 0.15) is 96.7 Å². The zero-order valence-electron chi connectivity index (χ0n) is 30.9. The number of nitrogen functional groups attached to an aromatic ring is 1. The first-order valence-corrected chi connectivity index (χ1v) is 17.9. The van der Waals surface area contributed by atoms with Crippen molar-refractivity contribution in [1.29, 1.82) is 0 Å². The number of ether oxygens (including phenoxy) is 3. The fourth-order valence-corrected chi connectivity index (χ4v) is 6.48. The SMILES string of the molecule is CCOC(C)=O.CCOC1CCC(n2cc(C)c(-c3nc(F)ccc3F)n2)CC1.CCOC1CCC(n2cc(N)c(-c3nc(F)ccc3F)n2)CC1.Cl. The highest BCUT2D eigenvalue weighted by Crippen LogP contribution is 2.34. The molecule has 0 saturated heterocycles. The number of nitrogens with zero attached hydrogens (tertiary/aromatic N) is 6. The van der Waals surface area contributed by atoms with Crippen molar-refractivity contribution >= 4 is 24.1 Å². The topological polar surface area (TPSA) is 132 Å². The van der Waals surface area contributed by atoms with Crippen molar-refractivity contribution in [2.24, 2.45) is 0 Å². The number of rotatable bonds is 9. The Balaban J connectivity index is 0.000000244. The van der Waals surface area contributed by atoms with Crippen LogP contribution in [0.2, 0.25) is 0 Å². The van der Waals surface area contributed by atoms with Gasteiger partial charge in [0.05, 0.1) is 36.6 Å². The zero-order valence-corrected chi connectivity index (χ0v) is 31.7. The van der Waals surface area contributed by atoms with Crippen LogP contribution in [0.4, 0.5) is 23.2 Å². The first-order valence-electron chi connectivity index (χ1n) is 17.9. The third-order valence-corrected chi connectivity index (χ3v) is 8.94. The molecule has 292 valence electrons. The smallest absolute Gasteiger partial charge is 0.302 e. The van der Waals surface area contributed by atoms with E-state index in [2.05, 4.69) is 24.9 Å². The molecule has 53 heavy (non-hydrogen) atoms. The molecule has 0 amide bonds. The van der Waals surface area contributed by atoms with Crippen LogP contribution < -0.4 is 5.73 Å². The molecule has 2 N–H and O–H groups in total. The summed E-state index contributed by atoms with van der Waals surface area (Å²) in [5.41, 5.74) is 7.46. The van der Waals surface area contributed by atoms with Crippen molar-refractivity contribution in [2.75, 3.05) is 25.6 Å². The van der Waals surface area contributed by atoms with Crippen LogP contribution in [-0.2, 0) is 19.0 Å². The summed E-state index contributed by atoms with van der Waals surface area (Å²) in [6.07, 6.45) is 11.9. The van der Waals surface area contributed by atoms with E-state index in [0.29, 0.717) is 30.2 Å². The van der Waals surface area contributed by atoms with E-state index in [4.69, 9.17) is 15.2 Å². The Bertz CT molecular complexity index is 1620. The van der Waals surface area contributed by atoms with Crippen LogP contribution in [0.5, 0.6) is 0 Å². The van der Waals surface area contributed by atoms with Gasteiger partial charge in [0.1, 0.15) is 22.8 Å². The predicted molar refractivity (Wildman–Crippen MR) is 195 cm³/mol. The number of aryl methyl sites for hydroxylation is 1. The highest BCUT2D eigenvalue weighted by atomic mass is 35.5. The van der Waals surface area contributed by atoms with Crippen LogP contribution in [-0.4, -0.2) is 67.5 Å². The Hall–Kier alpha value is -4.08. The van der Waals surface area contributed by atoms with E-state index in [9.17, 15) is 22.4 Å². The molecule has 0 spiro atoms. The number of halogens is 5. The largest absolute Gasteiger partial charge is 0.466 e. The van der Waals surface area contributed by atoms with Crippen LogP contribution >= 0.6 is 12.4 Å². The first-order chi connectivity index (χ1) is 24.9. The number of nitrogens with two attached hydrogens (primary N) is 1. The Morgan fingerprint density at radius 2 is 1.13 bits per heavy atom. The predicted octanol–water partition coefficient (Wildman–Crippen LogP) is 8.37. The molecule has 2 fully saturated rings. The van der Waals surface area contributed by atoms with E-state index in [-0.39, 0.29) is 47.5 Å². The third kappa shape index (κ3) is 12.2. The van der Waals surface area contributed by atoms with Gasteiger partial charge < -0.3 is 19.9 Å². The van der Waals surface area contributed by atoms with Gasteiger partial charge in [-0.2, -0.15) is 19.0 Å². The van der Waals surface area contributed by atoms with Crippen molar-refractivity contribution in [3.05, 3.63) is 65.8 Å². The van der Waals surface area contributed by atoms with Gasteiger partial charge in [0.2, 0.25) is 11.9 Å². The molecule has 0 atom stereocenters. The minimum Gasteiger partial charge on any atom is -0.466 e. The van der Waals surface area contributed by atoms with E-state index in [1.165, 1.54) is 6.92 Å². The molecule has 0 bridgehead atoms. The fraction of sp³-hybridized carbons (Fsp3) is 0.541. The lowest BCUT2D eigenvalue weighted by Crippen LogP contribution is -2.24. The lowest BCUT2D eigenvalue weighted by Gasteiger charge is -2.28. The summed E-state index contributed by atoms with van der Waals surface area (Å²) in [6.45, 7) is 11.0. The molecule has 2 aliphatic rings. The number of carbonyl (C=O) groups excluding carboxylic acids is 1. The van der Waals surface area contributed by atoms with Crippen molar-refractivity contribution in [3.63, 3.8) is 0 Å². The normalized spacial score (nSPS) is 19.6. The maximum absolute atomic E-state index is 13.9. The number of pyridine rings is 2. The van der Waals surface area contributed by atoms with Crippen molar-refractivity contribution in [3.8, 4) is 22.8 Å². The minimum atomic E-state index is -0.757. The van der Waals surface area contributed by atoms with E-state index in [0.717, 1.165) is 94.4 Å².